The van der Waals surface area contributed by atoms with Gasteiger partial charge in [0.05, 0.1) is 28.9 Å². The van der Waals surface area contributed by atoms with Crippen LogP contribution in [-0.2, 0) is 4.74 Å². The highest BCUT2D eigenvalue weighted by Crippen LogP contribution is 2.33. The van der Waals surface area contributed by atoms with E-state index in [1.54, 1.807) is 38.1 Å². The van der Waals surface area contributed by atoms with Gasteiger partial charge in [-0.1, -0.05) is 12.1 Å². The normalized spacial score (nSPS) is 10.2. The minimum Gasteiger partial charge on any atom is -0.465 e. The van der Waals surface area contributed by atoms with Crippen molar-refractivity contribution in [2.75, 3.05) is 7.11 Å². The van der Waals surface area contributed by atoms with Gasteiger partial charge in [0.15, 0.2) is 0 Å². The summed E-state index contributed by atoms with van der Waals surface area (Å²) in [7, 11) is 1.27. The minimum absolute atomic E-state index is 0.0624. The monoisotopic (exact) mass is 286 g/mol. The molecular formula is C15H14N2O4. The van der Waals surface area contributed by atoms with Gasteiger partial charge in [0.1, 0.15) is 0 Å². The molecule has 0 spiro atoms. The predicted octanol–water partition coefficient (Wildman–Crippen LogP) is 3.06. The number of esters is 1. The second-order valence-electron chi connectivity index (χ2n) is 4.54. The molecule has 0 aliphatic carbocycles. The Labute approximate surface area is 121 Å². The van der Waals surface area contributed by atoms with Crippen LogP contribution in [0.3, 0.4) is 0 Å². The molecule has 0 bridgehead atoms. The molecule has 21 heavy (non-hydrogen) atoms. The predicted molar refractivity (Wildman–Crippen MR) is 77.1 cm³/mol. The van der Waals surface area contributed by atoms with Gasteiger partial charge in [0, 0.05) is 17.3 Å². The Morgan fingerprint density at radius 3 is 2.52 bits per heavy atom. The molecular weight excluding hydrogens is 272 g/mol. The average molecular weight is 286 g/mol. The fraction of sp³-hybridized carbons (Fsp3) is 0.200. The van der Waals surface area contributed by atoms with Crippen LogP contribution >= 0.6 is 0 Å². The molecule has 0 aliphatic heterocycles. The number of methoxy groups -OCH3 is 1. The van der Waals surface area contributed by atoms with Gasteiger partial charge in [0.2, 0.25) is 0 Å². The van der Waals surface area contributed by atoms with Crippen molar-refractivity contribution in [1.82, 2.24) is 4.98 Å². The van der Waals surface area contributed by atoms with Crippen LogP contribution in [0.5, 0.6) is 0 Å². The van der Waals surface area contributed by atoms with Gasteiger partial charge in [0.25, 0.3) is 5.69 Å². The van der Waals surface area contributed by atoms with Crippen LogP contribution in [0.2, 0.25) is 0 Å². The number of para-hydroxylation sites is 1. The van der Waals surface area contributed by atoms with Crippen molar-refractivity contribution in [3.63, 3.8) is 0 Å². The molecule has 0 N–H and O–H groups in total. The van der Waals surface area contributed by atoms with Crippen molar-refractivity contribution in [3.05, 3.63) is 57.4 Å². The van der Waals surface area contributed by atoms with Crippen molar-refractivity contribution in [1.29, 1.82) is 0 Å². The van der Waals surface area contributed by atoms with E-state index in [-0.39, 0.29) is 11.3 Å². The van der Waals surface area contributed by atoms with Gasteiger partial charge >= 0.3 is 5.97 Å². The Morgan fingerprint density at radius 1 is 1.24 bits per heavy atom. The number of hydrogen-bond acceptors (Lipinski definition) is 5. The summed E-state index contributed by atoms with van der Waals surface area (Å²) in [6.45, 7) is 3.45. The molecule has 2 rings (SSSR count). The van der Waals surface area contributed by atoms with E-state index in [2.05, 4.69) is 4.98 Å². The van der Waals surface area contributed by atoms with E-state index >= 15 is 0 Å². The zero-order valence-corrected chi connectivity index (χ0v) is 11.9. The Morgan fingerprint density at radius 2 is 1.90 bits per heavy atom. The van der Waals surface area contributed by atoms with Crippen molar-refractivity contribution in [2.45, 2.75) is 13.8 Å². The number of nitro benzene ring substituents is 1. The molecule has 1 aromatic heterocycles. The summed E-state index contributed by atoms with van der Waals surface area (Å²) in [6.07, 6.45) is 0. The van der Waals surface area contributed by atoms with Crippen molar-refractivity contribution < 1.29 is 14.5 Å². The largest absolute Gasteiger partial charge is 0.465 e. The molecule has 2 aromatic rings. The first-order chi connectivity index (χ1) is 9.95. The van der Waals surface area contributed by atoms with Gasteiger partial charge in [-0.15, -0.1) is 0 Å². The van der Waals surface area contributed by atoms with E-state index in [4.69, 9.17) is 4.74 Å². The van der Waals surface area contributed by atoms with Crippen LogP contribution < -0.4 is 0 Å². The molecule has 0 fully saturated rings. The number of nitro groups is 1. The Kier molecular flexibility index (Phi) is 3.98. The molecule has 0 atom stereocenters. The molecule has 0 amide bonds. The third kappa shape index (κ3) is 2.74. The number of aryl methyl sites for hydroxylation is 2. The van der Waals surface area contributed by atoms with E-state index in [0.717, 1.165) is 0 Å². The lowest BCUT2D eigenvalue weighted by Gasteiger charge is -2.12. The van der Waals surface area contributed by atoms with Gasteiger partial charge < -0.3 is 4.74 Å². The number of nitrogens with zero attached hydrogens (tertiary/aromatic N) is 2. The van der Waals surface area contributed by atoms with E-state index in [1.807, 2.05) is 0 Å². The third-order valence-electron chi connectivity index (χ3n) is 3.11. The standard InChI is InChI=1S/C15H14N2O4/c1-9-8-12(14(10(2)16-9)15(18)21-3)11-6-4-5-7-13(11)17(19)20/h4-8H,1-3H3. The number of rotatable bonds is 3. The molecule has 6 heteroatoms. The zero-order valence-electron chi connectivity index (χ0n) is 11.9. The molecule has 108 valence electrons. The number of hydrogen-bond donors (Lipinski definition) is 0. The first-order valence-corrected chi connectivity index (χ1v) is 6.26. The lowest BCUT2D eigenvalue weighted by molar-refractivity contribution is -0.384. The first kappa shape index (κ1) is 14.6. The van der Waals surface area contributed by atoms with Gasteiger partial charge in [-0.3, -0.25) is 15.1 Å². The minimum atomic E-state index is -0.562. The smallest absolute Gasteiger partial charge is 0.340 e. The SMILES string of the molecule is COC(=O)c1c(-c2ccccc2[N+](=O)[O-])cc(C)nc1C. The van der Waals surface area contributed by atoms with Crippen LogP contribution in [0.25, 0.3) is 11.1 Å². The zero-order chi connectivity index (χ0) is 15.6. The summed E-state index contributed by atoms with van der Waals surface area (Å²) in [5.74, 6) is -0.562. The lowest BCUT2D eigenvalue weighted by atomic mass is 9.97. The molecule has 0 saturated heterocycles. The highest BCUT2D eigenvalue weighted by Gasteiger charge is 2.23. The number of carbonyl (C=O) groups is 1. The summed E-state index contributed by atoms with van der Waals surface area (Å²) < 4.78 is 4.77. The Hall–Kier alpha value is -2.76. The molecule has 1 aromatic carbocycles. The topological polar surface area (TPSA) is 82.3 Å². The molecule has 0 aliphatic rings. The quantitative estimate of drug-likeness (QED) is 0.492. The average Bonchev–Trinajstić information content (AvgIpc) is 2.45. The number of aromatic nitrogens is 1. The van der Waals surface area contributed by atoms with Gasteiger partial charge in [-0.2, -0.15) is 0 Å². The first-order valence-electron chi connectivity index (χ1n) is 6.26. The van der Waals surface area contributed by atoms with Crippen molar-refractivity contribution in [3.8, 4) is 11.1 Å². The number of benzene rings is 1. The highest BCUT2D eigenvalue weighted by molar-refractivity contribution is 5.99. The van der Waals surface area contributed by atoms with Crippen molar-refractivity contribution >= 4 is 11.7 Å². The maximum Gasteiger partial charge on any atom is 0.340 e. The summed E-state index contributed by atoms with van der Waals surface area (Å²) in [5, 5.41) is 11.2. The summed E-state index contributed by atoms with van der Waals surface area (Å²) in [6, 6.07) is 7.94. The van der Waals surface area contributed by atoms with E-state index in [0.29, 0.717) is 22.5 Å². The Bertz CT molecular complexity index is 726. The molecule has 6 nitrogen and oxygen atoms in total. The van der Waals surface area contributed by atoms with E-state index in [9.17, 15) is 14.9 Å². The van der Waals surface area contributed by atoms with Crippen LogP contribution in [0.15, 0.2) is 30.3 Å². The van der Waals surface area contributed by atoms with Crippen LogP contribution in [0, 0.1) is 24.0 Å². The molecule has 1 heterocycles. The van der Waals surface area contributed by atoms with Gasteiger partial charge in [-0.05, 0) is 26.0 Å². The third-order valence-corrected chi connectivity index (χ3v) is 3.11. The van der Waals surface area contributed by atoms with E-state index in [1.165, 1.54) is 13.2 Å². The maximum absolute atomic E-state index is 12.0. The molecule has 0 unspecified atom stereocenters. The van der Waals surface area contributed by atoms with E-state index < -0.39 is 10.9 Å². The maximum atomic E-state index is 12.0. The van der Waals surface area contributed by atoms with Crippen LogP contribution in [0.1, 0.15) is 21.7 Å². The van der Waals surface area contributed by atoms with Gasteiger partial charge in [-0.25, -0.2) is 4.79 Å². The molecule has 0 saturated carbocycles. The fourth-order valence-corrected chi connectivity index (χ4v) is 2.26. The number of ether oxygens (including phenoxy) is 1. The molecule has 0 radical (unpaired) electrons. The summed E-state index contributed by atoms with van der Waals surface area (Å²) >= 11 is 0. The number of carbonyl (C=O) groups excluding carboxylic acids is 1. The second-order valence-corrected chi connectivity index (χ2v) is 4.54. The lowest BCUT2D eigenvalue weighted by Crippen LogP contribution is -2.09. The second kappa shape index (κ2) is 5.70. The highest BCUT2D eigenvalue weighted by atomic mass is 16.6. The Balaban J connectivity index is 2.80. The number of pyridine rings is 1. The fourth-order valence-electron chi connectivity index (χ4n) is 2.26. The summed E-state index contributed by atoms with van der Waals surface area (Å²) in [4.78, 5) is 26.9. The van der Waals surface area contributed by atoms with Crippen LogP contribution in [0.4, 0.5) is 5.69 Å². The van der Waals surface area contributed by atoms with Crippen molar-refractivity contribution in [2.24, 2.45) is 0 Å². The van der Waals surface area contributed by atoms with Crippen LogP contribution in [-0.4, -0.2) is 23.0 Å². The summed E-state index contributed by atoms with van der Waals surface area (Å²) in [5.41, 5.74) is 2.17.